The molecule has 0 spiro atoms. The first kappa shape index (κ1) is 53.4. The average molecular weight is 966 g/mol. The molecule has 1 amide bonds. The van der Waals surface area contributed by atoms with E-state index in [9.17, 15) is 4.79 Å². The van der Waals surface area contributed by atoms with Crippen molar-refractivity contribution in [3.63, 3.8) is 0 Å². The lowest BCUT2D eigenvalue weighted by molar-refractivity contribution is -0.120. The van der Waals surface area contributed by atoms with Gasteiger partial charge in [-0.05, 0) is 73.2 Å². The van der Waals surface area contributed by atoms with Gasteiger partial charge in [0.25, 0.3) is 0 Å². The number of fused-ring (bicyclic) bond motifs is 2. The third-order valence-electron chi connectivity index (χ3n) is 12.0. The van der Waals surface area contributed by atoms with Gasteiger partial charge < -0.3 is 14.5 Å². The molecule has 5 rings (SSSR count). The van der Waals surface area contributed by atoms with Crippen LogP contribution < -0.4 is 5.32 Å². The molecule has 0 radical (unpaired) electrons. The summed E-state index contributed by atoms with van der Waals surface area (Å²) >= 11 is 24.2. The van der Waals surface area contributed by atoms with Crippen LogP contribution in [0.3, 0.4) is 0 Å². The molecule has 0 bridgehead atoms. The number of rotatable bonds is 32. The maximum atomic E-state index is 11.1. The van der Waals surface area contributed by atoms with Gasteiger partial charge in [-0.1, -0.05) is 164 Å². The van der Waals surface area contributed by atoms with Crippen molar-refractivity contribution in [2.24, 2.45) is 7.05 Å². The van der Waals surface area contributed by atoms with E-state index in [-0.39, 0.29) is 16.5 Å². The summed E-state index contributed by atoms with van der Waals surface area (Å²) < 4.78 is 5.96. The highest BCUT2D eigenvalue weighted by Crippen LogP contribution is 2.25. The fourth-order valence-corrected chi connectivity index (χ4v) is 9.05. The average Bonchev–Trinajstić information content (AvgIpc) is 3.93. The van der Waals surface area contributed by atoms with Crippen LogP contribution in [0.15, 0.2) is 0 Å². The highest BCUT2D eigenvalue weighted by atomic mass is 35.5. The summed E-state index contributed by atoms with van der Waals surface area (Å²) in [5.41, 5.74) is 2.74. The summed E-state index contributed by atoms with van der Waals surface area (Å²) in [6.07, 6.45) is 34.9. The third-order valence-corrected chi connectivity index (χ3v) is 12.9. The maximum absolute atomic E-state index is 11.1. The van der Waals surface area contributed by atoms with Crippen LogP contribution in [-0.2, 0) is 31.4 Å². The predicted octanol–water partition coefficient (Wildman–Crippen LogP) is 12.9. The number of nitrogens with one attached hydrogen (secondary N) is 1. The zero-order valence-electron chi connectivity index (χ0n) is 39.0. The molecule has 0 aliphatic carbocycles. The van der Waals surface area contributed by atoms with Crippen LogP contribution in [0.1, 0.15) is 191 Å². The first-order valence-corrected chi connectivity index (χ1v) is 25.6. The zero-order chi connectivity index (χ0) is 45.9. The minimum atomic E-state index is 0.162. The van der Waals surface area contributed by atoms with Crippen LogP contribution in [0.4, 0.5) is 0 Å². The van der Waals surface area contributed by atoms with E-state index in [2.05, 4.69) is 59.9 Å². The molecular formula is C46H73Cl4N13O. The number of imidazole rings is 2. The zero-order valence-corrected chi connectivity index (χ0v) is 42.0. The van der Waals surface area contributed by atoms with E-state index >= 15 is 0 Å². The first-order valence-electron chi connectivity index (χ1n) is 24.1. The first-order chi connectivity index (χ1) is 31.1. The van der Waals surface area contributed by atoms with Crippen LogP contribution in [0.25, 0.3) is 22.3 Å². The third kappa shape index (κ3) is 19.3. The van der Waals surface area contributed by atoms with Crippen LogP contribution in [-0.4, -0.2) is 72.2 Å². The quantitative estimate of drug-likeness (QED) is 0.0250. The van der Waals surface area contributed by atoms with Crippen LogP contribution in [0.2, 0.25) is 20.9 Å². The maximum Gasteiger partial charge on any atom is 0.225 e. The number of carbonyl (C=O) groups excluding carboxylic acids is 1. The Kier molecular flexibility index (Phi) is 25.8. The molecule has 0 aliphatic rings. The molecule has 5 heterocycles. The molecule has 5 aromatic rings. The van der Waals surface area contributed by atoms with Crippen LogP contribution >= 0.6 is 46.4 Å². The number of nitrogens with zero attached hydrogens (tertiary/aromatic N) is 12. The van der Waals surface area contributed by atoms with E-state index < -0.39 is 0 Å². The van der Waals surface area contributed by atoms with Crippen LogP contribution in [0.5, 0.6) is 0 Å². The minimum Gasteiger partial charge on any atom is -0.359 e. The number of tetrazole rings is 1. The highest BCUT2D eigenvalue weighted by Gasteiger charge is 2.15. The molecule has 18 heteroatoms. The monoisotopic (exact) mass is 963 g/mol. The van der Waals surface area contributed by atoms with Crippen molar-refractivity contribution >= 4 is 74.6 Å². The Labute approximate surface area is 401 Å². The smallest absolute Gasteiger partial charge is 0.225 e. The molecule has 5 aromatic heterocycles. The van der Waals surface area contributed by atoms with Gasteiger partial charge >= 0.3 is 0 Å². The lowest BCUT2D eigenvalue weighted by Gasteiger charge is -2.07. The van der Waals surface area contributed by atoms with Gasteiger partial charge in [0, 0.05) is 40.0 Å². The van der Waals surface area contributed by atoms with Gasteiger partial charge in [-0.3, -0.25) is 4.79 Å². The molecule has 0 saturated carbocycles. The molecule has 0 unspecified atom stereocenters. The SMILES string of the molecule is CNC(=O)CCCCCCCCCCCCCCCn1c(C)nc2c(Cl)nc(Cl)nc21.Cc1nc2c(Cl)nc(Cl)nc2n1CCCCCCCCCCCCCCCc1nnnn1C. The molecule has 14 nitrogen and oxygen atoms in total. The Morgan fingerprint density at radius 1 is 0.500 bits per heavy atom. The minimum absolute atomic E-state index is 0.162. The van der Waals surface area contributed by atoms with E-state index in [1.165, 1.54) is 148 Å². The van der Waals surface area contributed by atoms with Crippen molar-refractivity contribution in [2.45, 2.75) is 207 Å². The second kappa shape index (κ2) is 30.9. The van der Waals surface area contributed by atoms with Crippen molar-refractivity contribution in [3.8, 4) is 0 Å². The molecule has 0 saturated heterocycles. The summed E-state index contributed by atoms with van der Waals surface area (Å²) in [6.45, 7) is 5.72. The largest absolute Gasteiger partial charge is 0.359 e. The molecule has 0 aliphatic heterocycles. The summed E-state index contributed by atoms with van der Waals surface area (Å²) in [4.78, 5) is 36.7. The number of hydrogen-bond acceptors (Lipinski definition) is 10. The van der Waals surface area contributed by atoms with Gasteiger partial charge in [0.1, 0.15) is 22.7 Å². The second-order valence-corrected chi connectivity index (χ2v) is 18.5. The fraction of sp³-hybridized carbons (Fsp3) is 0.739. The van der Waals surface area contributed by atoms with Crippen molar-refractivity contribution in [1.82, 2.24) is 64.6 Å². The van der Waals surface area contributed by atoms with Crippen molar-refractivity contribution in [1.29, 1.82) is 0 Å². The lowest BCUT2D eigenvalue weighted by atomic mass is 10.0. The van der Waals surface area contributed by atoms with Gasteiger partial charge in [-0.25, -0.2) is 24.6 Å². The number of halogens is 4. The van der Waals surface area contributed by atoms with Crippen molar-refractivity contribution < 1.29 is 4.79 Å². The summed E-state index contributed by atoms with van der Waals surface area (Å²) in [7, 11) is 3.61. The molecule has 1 N–H and O–H groups in total. The lowest BCUT2D eigenvalue weighted by Crippen LogP contribution is -2.16. The Morgan fingerprint density at radius 3 is 1.22 bits per heavy atom. The number of hydrogen-bond donors (Lipinski definition) is 1. The van der Waals surface area contributed by atoms with E-state index in [1.807, 2.05) is 20.9 Å². The molecule has 0 fully saturated rings. The summed E-state index contributed by atoms with van der Waals surface area (Å²) in [5.74, 6) is 2.96. The predicted molar refractivity (Wildman–Crippen MR) is 261 cm³/mol. The number of unbranched alkanes of at least 4 members (excludes halogenated alkanes) is 24. The molecule has 0 aromatic carbocycles. The molecule has 64 heavy (non-hydrogen) atoms. The topological polar surface area (TPSA) is 160 Å². The van der Waals surface area contributed by atoms with Gasteiger partial charge in [0.15, 0.2) is 27.4 Å². The molecular weight excluding hydrogens is 892 g/mol. The van der Waals surface area contributed by atoms with E-state index in [1.54, 1.807) is 11.7 Å². The Balaban J connectivity index is 0.000000281. The van der Waals surface area contributed by atoms with Gasteiger partial charge in [0.2, 0.25) is 16.5 Å². The summed E-state index contributed by atoms with van der Waals surface area (Å²) in [5, 5.41) is 15.2. The Morgan fingerprint density at radius 2 is 0.859 bits per heavy atom. The number of carbonyl (C=O) groups is 1. The number of aromatic nitrogens is 12. The Hall–Kier alpha value is -3.20. The van der Waals surface area contributed by atoms with Crippen molar-refractivity contribution in [2.75, 3.05) is 7.05 Å². The standard InChI is InChI=1S/C23H36Cl2N8.C23H37Cl2N5O/c1-18-26-20-21(24)27-23(25)28-22(20)33(18)17-15-13-11-9-7-5-3-4-6-8-10-12-14-16-19-29-30-31-32(19)2;1-18-27-20-21(24)28-23(25)29-22(20)30(18)17-15-13-11-9-7-5-3-4-6-8-10-12-14-16-19(31)26-2/h3-17H2,1-2H3;3-17H2,1-2H3,(H,26,31). The Bertz CT molecular complexity index is 2090. The second-order valence-electron chi connectivity index (χ2n) is 17.1. The molecule has 0 atom stereocenters. The van der Waals surface area contributed by atoms with Gasteiger partial charge in [0.05, 0.1) is 0 Å². The number of aryl methyl sites for hydroxylation is 6. The molecule has 356 valence electrons. The van der Waals surface area contributed by atoms with Gasteiger partial charge in [-0.15, -0.1) is 5.10 Å². The summed E-state index contributed by atoms with van der Waals surface area (Å²) in [6, 6.07) is 0. The van der Waals surface area contributed by atoms with E-state index in [0.29, 0.717) is 27.8 Å². The van der Waals surface area contributed by atoms with E-state index in [0.717, 1.165) is 67.5 Å². The fourth-order valence-electron chi connectivity index (χ4n) is 8.22. The van der Waals surface area contributed by atoms with Crippen molar-refractivity contribution in [3.05, 3.63) is 38.3 Å². The van der Waals surface area contributed by atoms with E-state index in [4.69, 9.17) is 46.4 Å². The number of amides is 1. The highest BCUT2D eigenvalue weighted by molar-refractivity contribution is 6.35. The van der Waals surface area contributed by atoms with Gasteiger partial charge in [-0.2, -0.15) is 9.97 Å². The normalized spacial score (nSPS) is 11.5. The van der Waals surface area contributed by atoms with Crippen LogP contribution in [0, 0.1) is 13.8 Å².